The summed E-state index contributed by atoms with van der Waals surface area (Å²) in [6.45, 7) is 2.12. The Balaban J connectivity index is 1.84. The number of aryl methyl sites for hydroxylation is 1. The summed E-state index contributed by atoms with van der Waals surface area (Å²) in [5.41, 5.74) is 2.44. The zero-order valence-electron chi connectivity index (χ0n) is 14.4. The second-order valence-corrected chi connectivity index (χ2v) is 5.76. The van der Waals surface area contributed by atoms with Crippen molar-refractivity contribution in [3.05, 3.63) is 58.9 Å². The minimum Gasteiger partial charge on any atom is -0.493 e. The van der Waals surface area contributed by atoms with Gasteiger partial charge in [-0.15, -0.1) is 0 Å². The van der Waals surface area contributed by atoms with E-state index >= 15 is 0 Å². The normalized spacial score (nSPS) is 13.6. The summed E-state index contributed by atoms with van der Waals surface area (Å²) in [5.74, 6) is 0.532. The van der Waals surface area contributed by atoms with Crippen molar-refractivity contribution in [2.24, 2.45) is 5.10 Å². The Bertz CT molecular complexity index is 849. The first-order chi connectivity index (χ1) is 12.0. The Hall–Kier alpha value is -2.89. The third-order valence-electron chi connectivity index (χ3n) is 4.17. The van der Waals surface area contributed by atoms with E-state index in [2.05, 4.69) is 5.10 Å². The molecular weight excluding hydrogens is 323 g/mol. The van der Waals surface area contributed by atoms with Gasteiger partial charge in [0.1, 0.15) is 5.82 Å². The molecule has 0 N–H and O–H groups in total. The molecule has 2 aromatic carbocycles. The summed E-state index contributed by atoms with van der Waals surface area (Å²) < 4.78 is 24.2. The molecule has 1 heterocycles. The van der Waals surface area contributed by atoms with Crippen LogP contribution in [-0.2, 0) is 0 Å². The second-order valence-electron chi connectivity index (χ2n) is 5.76. The molecule has 0 radical (unpaired) electrons. The maximum atomic E-state index is 13.7. The molecule has 2 aromatic rings. The fourth-order valence-corrected chi connectivity index (χ4v) is 2.70. The molecule has 0 atom stereocenters. The van der Waals surface area contributed by atoms with Crippen LogP contribution in [0.25, 0.3) is 0 Å². The Morgan fingerprint density at radius 3 is 2.56 bits per heavy atom. The number of nitrogens with zero attached hydrogens (tertiary/aromatic N) is 2. The van der Waals surface area contributed by atoms with Crippen LogP contribution in [0.5, 0.6) is 11.5 Å². The molecule has 0 saturated heterocycles. The predicted octanol–water partition coefficient (Wildman–Crippen LogP) is 3.40. The zero-order valence-corrected chi connectivity index (χ0v) is 14.4. The van der Waals surface area contributed by atoms with Gasteiger partial charge in [0.15, 0.2) is 11.5 Å². The molecule has 0 saturated carbocycles. The van der Waals surface area contributed by atoms with E-state index in [1.165, 1.54) is 11.1 Å². The van der Waals surface area contributed by atoms with Gasteiger partial charge in [-0.2, -0.15) is 5.10 Å². The van der Waals surface area contributed by atoms with E-state index in [0.717, 1.165) is 11.3 Å². The number of benzene rings is 2. The third kappa shape index (κ3) is 3.33. The molecule has 0 fully saturated rings. The van der Waals surface area contributed by atoms with Gasteiger partial charge in [-0.05, 0) is 42.8 Å². The number of carbonyl (C=O) groups excluding carboxylic acids is 1. The van der Waals surface area contributed by atoms with Gasteiger partial charge in [0, 0.05) is 17.5 Å². The summed E-state index contributed by atoms with van der Waals surface area (Å²) in [6.07, 6.45) is 0.621. The lowest BCUT2D eigenvalue weighted by Gasteiger charge is -2.12. The maximum Gasteiger partial charge on any atom is 0.274 e. The SMILES string of the molecule is COc1ccc(C2=NN(C(=O)c3ccc(C)c(F)c3)CC2)cc1OC. The largest absolute Gasteiger partial charge is 0.493 e. The van der Waals surface area contributed by atoms with E-state index in [1.54, 1.807) is 39.3 Å². The number of hydrogen-bond acceptors (Lipinski definition) is 4. The highest BCUT2D eigenvalue weighted by Crippen LogP contribution is 2.29. The summed E-state index contributed by atoms with van der Waals surface area (Å²) >= 11 is 0. The number of carbonyl (C=O) groups is 1. The topological polar surface area (TPSA) is 51.1 Å². The van der Waals surface area contributed by atoms with Gasteiger partial charge >= 0.3 is 0 Å². The highest BCUT2D eigenvalue weighted by molar-refractivity contribution is 6.04. The summed E-state index contributed by atoms with van der Waals surface area (Å²) in [7, 11) is 3.14. The van der Waals surface area contributed by atoms with Gasteiger partial charge < -0.3 is 9.47 Å². The van der Waals surface area contributed by atoms with Crippen LogP contribution < -0.4 is 9.47 Å². The molecule has 25 heavy (non-hydrogen) atoms. The molecule has 0 unspecified atom stereocenters. The number of hydrogen-bond donors (Lipinski definition) is 0. The predicted molar refractivity (Wildman–Crippen MR) is 92.9 cm³/mol. The average Bonchev–Trinajstić information content (AvgIpc) is 3.12. The molecule has 1 amide bonds. The first-order valence-electron chi connectivity index (χ1n) is 7.91. The quantitative estimate of drug-likeness (QED) is 0.856. The van der Waals surface area contributed by atoms with E-state index in [0.29, 0.717) is 35.6 Å². The highest BCUT2D eigenvalue weighted by atomic mass is 19.1. The van der Waals surface area contributed by atoms with E-state index in [-0.39, 0.29) is 5.91 Å². The average molecular weight is 342 g/mol. The van der Waals surface area contributed by atoms with Crippen LogP contribution in [0.3, 0.4) is 0 Å². The Kier molecular flexibility index (Phi) is 4.70. The molecule has 1 aliphatic rings. The maximum absolute atomic E-state index is 13.7. The molecule has 3 rings (SSSR count). The summed E-state index contributed by atoms with van der Waals surface area (Å²) in [6, 6.07) is 9.97. The van der Waals surface area contributed by atoms with Gasteiger partial charge in [-0.1, -0.05) is 6.07 Å². The van der Waals surface area contributed by atoms with Crippen molar-refractivity contribution in [1.29, 1.82) is 0 Å². The van der Waals surface area contributed by atoms with E-state index < -0.39 is 5.82 Å². The Morgan fingerprint density at radius 1 is 1.12 bits per heavy atom. The van der Waals surface area contributed by atoms with Crippen molar-refractivity contribution < 1.29 is 18.7 Å². The van der Waals surface area contributed by atoms with Crippen LogP contribution in [0, 0.1) is 12.7 Å². The van der Waals surface area contributed by atoms with Crippen LogP contribution in [0.1, 0.15) is 27.9 Å². The first kappa shape index (κ1) is 17.0. The number of hydrazone groups is 1. The van der Waals surface area contributed by atoms with Crippen molar-refractivity contribution in [2.45, 2.75) is 13.3 Å². The number of amides is 1. The minimum absolute atomic E-state index is 0.292. The van der Waals surface area contributed by atoms with E-state index in [9.17, 15) is 9.18 Å². The lowest BCUT2D eigenvalue weighted by atomic mass is 10.1. The van der Waals surface area contributed by atoms with Crippen molar-refractivity contribution in [2.75, 3.05) is 20.8 Å². The number of methoxy groups -OCH3 is 2. The minimum atomic E-state index is -0.394. The van der Waals surface area contributed by atoms with E-state index in [4.69, 9.17) is 9.47 Å². The fraction of sp³-hybridized carbons (Fsp3) is 0.263. The molecule has 0 aromatic heterocycles. The third-order valence-corrected chi connectivity index (χ3v) is 4.17. The Morgan fingerprint density at radius 2 is 1.88 bits per heavy atom. The number of halogens is 1. The first-order valence-corrected chi connectivity index (χ1v) is 7.91. The summed E-state index contributed by atoms with van der Waals surface area (Å²) in [4.78, 5) is 12.5. The van der Waals surface area contributed by atoms with Crippen LogP contribution >= 0.6 is 0 Å². The highest BCUT2D eigenvalue weighted by Gasteiger charge is 2.23. The van der Waals surface area contributed by atoms with Crippen LogP contribution in [0.4, 0.5) is 4.39 Å². The molecule has 0 bridgehead atoms. The lowest BCUT2D eigenvalue weighted by Crippen LogP contribution is -2.23. The van der Waals surface area contributed by atoms with Gasteiger partial charge in [0.25, 0.3) is 5.91 Å². The van der Waals surface area contributed by atoms with Crippen molar-refractivity contribution in [3.8, 4) is 11.5 Å². The summed E-state index contributed by atoms with van der Waals surface area (Å²) in [5, 5.41) is 5.77. The van der Waals surface area contributed by atoms with Crippen LogP contribution in [0.2, 0.25) is 0 Å². The molecule has 6 heteroatoms. The van der Waals surface area contributed by atoms with Crippen molar-refractivity contribution >= 4 is 11.6 Å². The second kappa shape index (κ2) is 6.93. The van der Waals surface area contributed by atoms with Gasteiger partial charge in [0.05, 0.1) is 26.5 Å². The van der Waals surface area contributed by atoms with Crippen LogP contribution in [-0.4, -0.2) is 37.4 Å². The Labute approximate surface area is 145 Å². The molecule has 0 spiro atoms. The van der Waals surface area contributed by atoms with E-state index in [1.807, 2.05) is 12.1 Å². The molecule has 5 nitrogen and oxygen atoms in total. The molecule has 1 aliphatic heterocycles. The van der Waals surface area contributed by atoms with Gasteiger partial charge in [0.2, 0.25) is 0 Å². The van der Waals surface area contributed by atoms with Gasteiger partial charge in [-0.25, -0.2) is 9.40 Å². The fourth-order valence-electron chi connectivity index (χ4n) is 2.70. The number of rotatable bonds is 4. The monoisotopic (exact) mass is 342 g/mol. The number of ether oxygens (including phenoxy) is 2. The van der Waals surface area contributed by atoms with Crippen molar-refractivity contribution in [3.63, 3.8) is 0 Å². The standard InChI is InChI=1S/C19H19FN2O3/c1-12-4-5-14(10-15(12)20)19(23)22-9-8-16(21-22)13-6-7-17(24-2)18(11-13)25-3/h4-7,10-11H,8-9H2,1-3H3. The molecule has 130 valence electrons. The zero-order chi connectivity index (χ0) is 18.0. The van der Waals surface area contributed by atoms with Gasteiger partial charge in [-0.3, -0.25) is 4.79 Å². The smallest absolute Gasteiger partial charge is 0.274 e. The van der Waals surface area contributed by atoms with Crippen LogP contribution in [0.15, 0.2) is 41.5 Å². The van der Waals surface area contributed by atoms with Crippen molar-refractivity contribution in [1.82, 2.24) is 5.01 Å². The lowest BCUT2D eigenvalue weighted by molar-refractivity contribution is 0.0778. The molecule has 0 aliphatic carbocycles. The molecular formula is C19H19FN2O3.